The van der Waals surface area contributed by atoms with Crippen molar-refractivity contribution in [1.29, 1.82) is 0 Å². The first-order valence-corrected chi connectivity index (χ1v) is 10.8. The molecule has 1 aliphatic heterocycles. The zero-order valence-electron chi connectivity index (χ0n) is 15.6. The number of amides is 1. The van der Waals surface area contributed by atoms with E-state index < -0.39 is 0 Å². The summed E-state index contributed by atoms with van der Waals surface area (Å²) in [6.45, 7) is 4.18. The smallest absolute Gasteiger partial charge is 0.255 e. The molecular formula is C21H27N3O2S. The molecule has 1 atom stereocenters. The summed E-state index contributed by atoms with van der Waals surface area (Å²) in [5.74, 6) is 0.0913. The maximum Gasteiger partial charge on any atom is 0.255 e. The highest BCUT2D eigenvalue weighted by molar-refractivity contribution is 7.07. The van der Waals surface area contributed by atoms with Crippen molar-refractivity contribution in [2.45, 2.75) is 44.4 Å². The van der Waals surface area contributed by atoms with Gasteiger partial charge in [0.2, 0.25) is 0 Å². The Kier molecular flexibility index (Phi) is 6.17. The van der Waals surface area contributed by atoms with Crippen molar-refractivity contribution in [3.8, 4) is 0 Å². The second-order valence-corrected chi connectivity index (χ2v) is 8.28. The Balaban J connectivity index is 1.43. The Hall–Kier alpha value is -1.76. The van der Waals surface area contributed by atoms with Crippen LogP contribution in [-0.4, -0.2) is 59.1 Å². The normalized spacial score (nSPS) is 21.4. The molecule has 2 aromatic heterocycles. The van der Waals surface area contributed by atoms with Crippen LogP contribution in [0.3, 0.4) is 0 Å². The Morgan fingerprint density at radius 2 is 2.22 bits per heavy atom. The van der Waals surface area contributed by atoms with Gasteiger partial charge in [-0.1, -0.05) is 12.8 Å². The molecule has 2 fully saturated rings. The van der Waals surface area contributed by atoms with Crippen LogP contribution in [0.15, 0.2) is 41.4 Å². The van der Waals surface area contributed by atoms with Crippen LogP contribution in [0.5, 0.6) is 0 Å². The zero-order valence-corrected chi connectivity index (χ0v) is 16.4. The van der Waals surface area contributed by atoms with E-state index in [4.69, 9.17) is 4.74 Å². The molecule has 3 heterocycles. The fourth-order valence-corrected chi connectivity index (χ4v) is 4.82. The van der Waals surface area contributed by atoms with Gasteiger partial charge in [-0.25, -0.2) is 0 Å². The highest BCUT2D eigenvalue weighted by Crippen LogP contribution is 2.26. The number of hydrogen-bond acceptors (Lipinski definition) is 5. The summed E-state index contributed by atoms with van der Waals surface area (Å²) in [5, 5.41) is 4.34. The molecule has 0 N–H and O–H groups in total. The summed E-state index contributed by atoms with van der Waals surface area (Å²) in [4.78, 5) is 21.8. The summed E-state index contributed by atoms with van der Waals surface area (Å²) in [7, 11) is 0. The molecule has 4 rings (SSSR count). The fraction of sp³-hybridized carbons (Fsp3) is 0.524. The number of carbonyl (C=O) groups is 1. The maximum absolute atomic E-state index is 13.2. The van der Waals surface area contributed by atoms with E-state index in [1.54, 1.807) is 23.7 Å². The lowest BCUT2D eigenvalue weighted by molar-refractivity contribution is -0.0468. The van der Waals surface area contributed by atoms with E-state index in [0.29, 0.717) is 18.2 Å². The van der Waals surface area contributed by atoms with E-state index in [-0.39, 0.29) is 12.0 Å². The molecule has 0 bridgehead atoms. The van der Waals surface area contributed by atoms with Gasteiger partial charge in [0, 0.05) is 44.6 Å². The first kappa shape index (κ1) is 18.6. The van der Waals surface area contributed by atoms with Gasteiger partial charge in [0.1, 0.15) is 0 Å². The van der Waals surface area contributed by atoms with Crippen LogP contribution in [-0.2, 0) is 11.3 Å². The number of nitrogens with zero attached hydrogens (tertiary/aromatic N) is 3. The van der Waals surface area contributed by atoms with Crippen LogP contribution in [0, 0.1) is 0 Å². The molecule has 0 aromatic carbocycles. The summed E-state index contributed by atoms with van der Waals surface area (Å²) < 4.78 is 6.05. The van der Waals surface area contributed by atoms with Crippen molar-refractivity contribution in [2.24, 2.45) is 0 Å². The quantitative estimate of drug-likeness (QED) is 0.764. The minimum absolute atomic E-state index is 0.0682. The summed E-state index contributed by atoms with van der Waals surface area (Å²) in [6.07, 6.45) is 8.06. The second kappa shape index (κ2) is 8.95. The first-order valence-electron chi connectivity index (χ1n) is 9.85. The van der Waals surface area contributed by atoms with Gasteiger partial charge >= 0.3 is 0 Å². The van der Waals surface area contributed by atoms with Crippen molar-refractivity contribution < 1.29 is 9.53 Å². The van der Waals surface area contributed by atoms with Crippen molar-refractivity contribution in [3.05, 3.63) is 52.5 Å². The van der Waals surface area contributed by atoms with Gasteiger partial charge in [-0.2, -0.15) is 11.3 Å². The molecule has 0 radical (unpaired) electrons. The predicted octanol–water partition coefficient (Wildman–Crippen LogP) is 3.43. The van der Waals surface area contributed by atoms with Crippen LogP contribution < -0.4 is 0 Å². The van der Waals surface area contributed by atoms with Crippen molar-refractivity contribution in [3.63, 3.8) is 0 Å². The number of ether oxygens (including phenoxy) is 1. The number of rotatable bonds is 6. The van der Waals surface area contributed by atoms with Crippen LogP contribution in [0.25, 0.3) is 0 Å². The summed E-state index contributed by atoms with van der Waals surface area (Å²) in [5.41, 5.74) is 2.04. The number of aromatic nitrogens is 1. The van der Waals surface area contributed by atoms with Crippen molar-refractivity contribution >= 4 is 17.2 Å². The Morgan fingerprint density at radius 3 is 2.96 bits per heavy atom. The van der Waals surface area contributed by atoms with E-state index in [1.807, 2.05) is 12.1 Å². The molecule has 1 saturated heterocycles. The third kappa shape index (κ3) is 4.75. The molecule has 2 aromatic rings. The van der Waals surface area contributed by atoms with Gasteiger partial charge in [0.25, 0.3) is 5.91 Å². The first-order chi connectivity index (χ1) is 13.3. The molecule has 1 aliphatic carbocycles. The molecule has 6 heteroatoms. The Morgan fingerprint density at radius 1 is 1.33 bits per heavy atom. The van der Waals surface area contributed by atoms with Gasteiger partial charge in [0.15, 0.2) is 0 Å². The standard InChI is InChI=1S/C21H27N3O2S/c25-21(18-4-3-8-22-12-18)24(19-5-1-2-6-19)15-20-14-23(9-10-26-20)13-17-7-11-27-16-17/h3-4,7-8,11-12,16,19-20H,1-2,5-6,9-10,13-15H2. The predicted molar refractivity (Wildman–Crippen MR) is 107 cm³/mol. The number of thiophene rings is 1. The van der Waals surface area contributed by atoms with Crippen molar-refractivity contribution in [2.75, 3.05) is 26.2 Å². The molecule has 2 aliphatic rings. The molecule has 1 unspecified atom stereocenters. The van der Waals surface area contributed by atoms with Crippen LogP contribution in [0.2, 0.25) is 0 Å². The molecule has 1 saturated carbocycles. The van der Waals surface area contributed by atoms with E-state index in [2.05, 4.69) is 31.6 Å². The van der Waals surface area contributed by atoms with Crippen LogP contribution >= 0.6 is 11.3 Å². The van der Waals surface area contributed by atoms with Crippen LogP contribution in [0.4, 0.5) is 0 Å². The summed E-state index contributed by atoms with van der Waals surface area (Å²) >= 11 is 1.74. The van der Waals surface area contributed by atoms with Crippen LogP contribution in [0.1, 0.15) is 41.6 Å². The minimum atomic E-state index is 0.0682. The summed E-state index contributed by atoms with van der Waals surface area (Å²) in [6, 6.07) is 6.21. The van der Waals surface area contributed by atoms with Gasteiger partial charge < -0.3 is 9.64 Å². The molecular weight excluding hydrogens is 358 g/mol. The third-order valence-electron chi connectivity index (χ3n) is 5.54. The Labute approximate surface area is 165 Å². The van der Waals surface area contributed by atoms with Crippen molar-refractivity contribution in [1.82, 2.24) is 14.8 Å². The largest absolute Gasteiger partial charge is 0.374 e. The second-order valence-electron chi connectivity index (χ2n) is 7.50. The van der Waals surface area contributed by atoms with Gasteiger partial charge in [-0.15, -0.1) is 0 Å². The minimum Gasteiger partial charge on any atom is -0.374 e. The fourth-order valence-electron chi connectivity index (χ4n) is 4.16. The lowest BCUT2D eigenvalue weighted by atomic mass is 10.1. The molecule has 144 valence electrons. The van der Waals surface area contributed by atoms with E-state index >= 15 is 0 Å². The van der Waals surface area contributed by atoms with E-state index in [9.17, 15) is 4.79 Å². The third-order valence-corrected chi connectivity index (χ3v) is 6.28. The van der Waals surface area contributed by atoms with E-state index in [0.717, 1.165) is 39.1 Å². The number of hydrogen-bond donors (Lipinski definition) is 0. The number of carbonyl (C=O) groups excluding carboxylic acids is 1. The lowest BCUT2D eigenvalue weighted by Crippen LogP contribution is -2.50. The van der Waals surface area contributed by atoms with Gasteiger partial charge in [-0.3, -0.25) is 14.7 Å². The number of morpholine rings is 1. The highest BCUT2D eigenvalue weighted by Gasteiger charge is 2.31. The monoisotopic (exact) mass is 385 g/mol. The lowest BCUT2D eigenvalue weighted by Gasteiger charge is -2.37. The SMILES string of the molecule is O=C(c1cccnc1)N(CC1CN(Cc2ccsc2)CCO1)C1CCCC1. The maximum atomic E-state index is 13.2. The van der Waals surface area contributed by atoms with Gasteiger partial charge in [-0.05, 0) is 47.4 Å². The Bertz CT molecular complexity index is 716. The molecule has 1 amide bonds. The molecule has 27 heavy (non-hydrogen) atoms. The van der Waals surface area contributed by atoms with Gasteiger partial charge in [0.05, 0.1) is 18.3 Å². The van der Waals surface area contributed by atoms with E-state index in [1.165, 1.54) is 18.4 Å². The zero-order chi connectivity index (χ0) is 18.5. The number of pyridine rings is 1. The average Bonchev–Trinajstić information content (AvgIpc) is 3.41. The molecule has 0 spiro atoms. The average molecular weight is 386 g/mol. The highest BCUT2D eigenvalue weighted by atomic mass is 32.1. The topological polar surface area (TPSA) is 45.7 Å². The molecule has 5 nitrogen and oxygen atoms in total.